The van der Waals surface area contributed by atoms with E-state index in [0.29, 0.717) is 6.04 Å². The second kappa shape index (κ2) is 7.39. The van der Waals surface area contributed by atoms with Gasteiger partial charge in [0.25, 0.3) is 0 Å². The number of hydrogen-bond donors (Lipinski definition) is 1. The molecule has 1 heterocycles. The highest BCUT2D eigenvalue weighted by Gasteiger charge is 2.16. The first-order chi connectivity index (χ1) is 9.60. The first-order valence-corrected chi connectivity index (χ1v) is 8.76. The summed E-state index contributed by atoms with van der Waals surface area (Å²) in [4.78, 5) is 2.88. The van der Waals surface area contributed by atoms with E-state index < -0.39 is 0 Å². The SMILES string of the molecule is CCCNC(Cc1cccc(Br)c1)c1sc(C)cc1C. The molecule has 0 aliphatic carbocycles. The Kier molecular flexibility index (Phi) is 5.82. The molecule has 108 valence electrons. The molecule has 0 bridgehead atoms. The molecule has 1 unspecified atom stereocenters. The molecule has 2 aromatic rings. The zero-order valence-corrected chi connectivity index (χ0v) is 14.8. The molecule has 0 aliphatic heterocycles. The number of nitrogens with one attached hydrogen (secondary N) is 1. The molecule has 1 nitrogen and oxygen atoms in total. The summed E-state index contributed by atoms with van der Waals surface area (Å²) >= 11 is 5.48. The normalized spacial score (nSPS) is 12.6. The minimum Gasteiger partial charge on any atom is -0.309 e. The van der Waals surface area contributed by atoms with Gasteiger partial charge in [0.05, 0.1) is 0 Å². The van der Waals surface area contributed by atoms with Crippen molar-refractivity contribution in [1.29, 1.82) is 0 Å². The molecular formula is C17H22BrNS. The summed E-state index contributed by atoms with van der Waals surface area (Å²) in [7, 11) is 0. The maximum absolute atomic E-state index is 3.70. The van der Waals surface area contributed by atoms with Gasteiger partial charge in [0.15, 0.2) is 0 Å². The molecule has 0 aliphatic rings. The van der Waals surface area contributed by atoms with Crippen LogP contribution in [0.5, 0.6) is 0 Å². The molecule has 0 radical (unpaired) electrons. The topological polar surface area (TPSA) is 12.0 Å². The lowest BCUT2D eigenvalue weighted by Crippen LogP contribution is -2.23. The molecule has 1 aromatic heterocycles. The molecule has 0 amide bonds. The van der Waals surface area contributed by atoms with E-state index >= 15 is 0 Å². The van der Waals surface area contributed by atoms with Crippen LogP contribution in [0.3, 0.4) is 0 Å². The lowest BCUT2D eigenvalue weighted by molar-refractivity contribution is 0.535. The first-order valence-electron chi connectivity index (χ1n) is 7.15. The molecule has 0 saturated heterocycles. The summed E-state index contributed by atoms with van der Waals surface area (Å²) < 4.78 is 1.16. The Labute approximate surface area is 134 Å². The van der Waals surface area contributed by atoms with Gasteiger partial charge >= 0.3 is 0 Å². The van der Waals surface area contributed by atoms with Crippen molar-refractivity contribution in [2.75, 3.05) is 6.54 Å². The average molecular weight is 352 g/mol. The van der Waals surface area contributed by atoms with Crippen LogP contribution in [-0.2, 0) is 6.42 Å². The van der Waals surface area contributed by atoms with Crippen LogP contribution in [0.2, 0.25) is 0 Å². The largest absolute Gasteiger partial charge is 0.309 e. The third-order valence-corrected chi connectivity index (χ3v) is 5.12. The lowest BCUT2D eigenvalue weighted by atomic mass is 10.0. The quantitative estimate of drug-likeness (QED) is 0.733. The fourth-order valence-corrected chi connectivity index (χ4v) is 4.04. The summed E-state index contributed by atoms with van der Waals surface area (Å²) in [5.74, 6) is 0. The van der Waals surface area contributed by atoms with Gasteiger partial charge in [0.1, 0.15) is 0 Å². The Balaban J connectivity index is 2.21. The molecule has 0 fully saturated rings. The van der Waals surface area contributed by atoms with E-state index in [4.69, 9.17) is 0 Å². The van der Waals surface area contributed by atoms with Gasteiger partial charge in [0, 0.05) is 20.3 Å². The van der Waals surface area contributed by atoms with E-state index in [1.54, 1.807) is 0 Å². The molecule has 1 atom stereocenters. The van der Waals surface area contributed by atoms with Crippen molar-refractivity contribution < 1.29 is 0 Å². The molecule has 1 N–H and O–H groups in total. The van der Waals surface area contributed by atoms with Crippen molar-refractivity contribution >= 4 is 27.3 Å². The van der Waals surface area contributed by atoms with E-state index in [1.807, 2.05) is 11.3 Å². The molecule has 3 heteroatoms. The third-order valence-electron chi connectivity index (χ3n) is 3.37. The monoisotopic (exact) mass is 351 g/mol. The average Bonchev–Trinajstić information content (AvgIpc) is 2.73. The van der Waals surface area contributed by atoms with Gasteiger partial charge in [-0.25, -0.2) is 0 Å². The summed E-state index contributed by atoms with van der Waals surface area (Å²) in [6.45, 7) is 7.70. The van der Waals surface area contributed by atoms with E-state index in [-0.39, 0.29) is 0 Å². The van der Waals surface area contributed by atoms with E-state index in [0.717, 1.165) is 17.4 Å². The summed E-state index contributed by atoms with van der Waals surface area (Å²) in [6, 6.07) is 11.3. The standard InChI is InChI=1S/C17H22BrNS/c1-4-8-19-16(17-12(2)9-13(3)20-17)11-14-6-5-7-15(18)10-14/h5-7,9-10,16,19H,4,8,11H2,1-3H3. The Morgan fingerprint density at radius 3 is 2.65 bits per heavy atom. The maximum atomic E-state index is 3.70. The van der Waals surface area contributed by atoms with Crippen LogP contribution in [0.4, 0.5) is 0 Å². The van der Waals surface area contributed by atoms with Gasteiger partial charge < -0.3 is 5.32 Å². The number of thiophene rings is 1. The highest BCUT2D eigenvalue weighted by atomic mass is 79.9. The van der Waals surface area contributed by atoms with Gasteiger partial charge in [-0.1, -0.05) is 35.0 Å². The van der Waals surface area contributed by atoms with Gasteiger partial charge in [0.2, 0.25) is 0 Å². The zero-order valence-electron chi connectivity index (χ0n) is 12.4. The minimum atomic E-state index is 0.419. The fraction of sp³-hybridized carbons (Fsp3) is 0.412. The molecule has 0 saturated carbocycles. The Hall–Kier alpha value is -0.640. The number of aryl methyl sites for hydroxylation is 2. The van der Waals surface area contributed by atoms with Crippen molar-refractivity contribution in [3.8, 4) is 0 Å². The summed E-state index contributed by atoms with van der Waals surface area (Å²) in [6.07, 6.45) is 2.21. The molecule has 2 rings (SSSR count). The van der Waals surface area contributed by atoms with E-state index in [2.05, 4.69) is 72.3 Å². The summed E-state index contributed by atoms with van der Waals surface area (Å²) in [5.41, 5.74) is 2.79. The van der Waals surface area contributed by atoms with Crippen LogP contribution in [0.15, 0.2) is 34.8 Å². The predicted octanol–water partition coefficient (Wildman–Crippen LogP) is 5.41. The molecule has 1 aromatic carbocycles. The number of hydrogen-bond acceptors (Lipinski definition) is 2. The predicted molar refractivity (Wildman–Crippen MR) is 92.7 cm³/mol. The van der Waals surface area contributed by atoms with Crippen molar-refractivity contribution in [1.82, 2.24) is 5.32 Å². The van der Waals surface area contributed by atoms with Crippen LogP contribution in [0, 0.1) is 13.8 Å². The molecule has 20 heavy (non-hydrogen) atoms. The second-order valence-corrected chi connectivity index (χ2v) is 7.45. The van der Waals surface area contributed by atoms with E-state index in [9.17, 15) is 0 Å². The smallest absolute Gasteiger partial charge is 0.0458 e. The Morgan fingerprint density at radius 2 is 2.05 bits per heavy atom. The number of halogens is 1. The van der Waals surface area contributed by atoms with Crippen LogP contribution >= 0.6 is 27.3 Å². The Bertz CT molecular complexity index is 562. The van der Waals surface area contributed by atoms with Crippen molar-refractivity contribution in [3.05, 3.63) is 55.7 Å². The molecular weight excluding hydrogens is 330 g/mol. The molecule has 0 spiro atoms. The second-order valence-electron chi connectivity index (χ2n) is 5.25. The fourth-order valence-electron chi connectivity index (χ4n) is 2.48. The Morgan fingerprint density at radius 1 is 1.25 bits per heavy atom. The van der Waals surface area contributed by atoms with Gasteiger partial charge in [-0.05, 0) is 62.6 Å². The van der Waals surface area contributed by atoms with Crippen LogP contribution < -0.4 is 5.32 Å². The maximum Gasteiger partial charge on any atom is 0.0458 e. The van der Waals surface area contributed by atoms with Crippen LogP contribution in [0.1, 0.15) is 40.3 Å². The first kappa shape index (κ1) is 15.7. The van der Waals surface area contributed by atoms with Crippen LogP contribution in [0.25, 0.3) is 0 Å². The van der Waals surface area contributed by atoms with Crippen molar-refractivity contribution in [3.63, 3.8) is 0 Å². The third kappa shape index (κ3) is 4.18. The highest BCUT2D eigenvalue weighted by Crippen LogP contribution is 2.30. The summed E-state index contributed by atoms with van der Waals surface area (Å²) in [5, 5.41) is 3.70. The lowest BCUT2D eigenvalue weighted by Gasteiger charge is -2.18. The number of benzene rings is 1. The van der Waals surface area contributed by atoms with Gasteiger partial charge in [-0.3, -0.25) is 0 Å². The van der Waals surface area contributed by atoms with Crippen LogP contribution in [-0.4, -0.2) is 6.54 Å². The minimum absolute atomic E-state index is 0.419. The van der Waals surface area contributed by atoms with Crippen molar-refractivity contribution in [2.24, 2.45) is 0 Å². The zero-order chi connectivity index (χ0) is 14.5. The van der Waals surface area contributed by atoms with Crippen molar-refractivity contribution in [2.45, 2.75) is 39.7 Å². The highest BCUT2D eigenvalue weighted by molar-refractivity contribution is 9.10. The number of rotatable bonds is 6. The van der Waals surface area contributed by atoms with Gasteiger partial charge in [-0.2, -0.15) is 0 Å². The van der Waals surface area contributed by atoms with Gasteiger partial charge in [-0.15, -0.1) is 11.3 Å². The van der Waals surface area contributed by atoms with E-state index in [1.165, 1.54) is 27.3 Å².